The van der Waals surface area contributed by atoms with Gasteiger partial charge in [-0.25, -0.2) is 4.39 Å². The molecule has 0 bridgehead atoms. The van der Waals surface area contributed by atoms with E-state index in [1.165, 1.54) is 6.07 Å². The van der Waals surface area contributed by atoms with Crippen molar-refractivity contribution in [3.05, 3.63) is 29.6 Å². The summed E-state index contributed by atoms with van der Waals surface area (Å²) in [5.74, 6) is 0.0811. The number of halogens is 1. The van der Waals surface area contributed by atoms with Crippen molar-refractivity contribution in [2.45, 2.75) is 19.8 Å². The molecular weight excluding hydrogens is 219 g/mol. The molecule has 1 aromatic carbocycles. The van der Waals surface area contributed by atoms with Crippen molar-refractivity contribution in [1.29, 1.82) is 0 Å². The number of carbonyl (C=O) groups excluding carboxylic acids is 1. The number of rotatable bonds is 3. The van der Waals surface area contributed by atoms with Crippen LogP contribution in [0.15, 0.2) is 18.2 Å². The number of benzene rings is 1. The maximum Gasteiger partial charge on any atom is 0.224 e. The molecule has 1 aliphatic heterocycles. The smallest absolute Gasteiger partial charge is 0.224 e. The molecule has 4 heteroatoms. The first-order valence-corrected chi connectivity index (χ1v) is 5.92. The lowest BCUT2D eigenvalue weighted by atomic mass is 10.0. The summed E-state index contributed by atoms with van der Waals surface area (Å²) in [7, 11) is 0. The zero-order valence-electron chi connectivity index (χ0n) is 9.92. The molecule has 0 saturated carbocycles. The van der Waals surface area contributed by atoms with Crippen LogP contribution in [0.5, 0.6) is 0 Å². The van der Waals surface area contributed by atoms with Gasteiger partial charge in [-0.2, -0.15) is 0 Å². The van der Waals surface area contributed by atoms with Gasteiger partial charge in [-0.05, 0) is 50.0 Å². The number of carbonyl (C=O) groups is 1. The van der Waals surface area contributed by atoms with E-state index < -0.39 is 0 Å². The second-order valence-corrected chi connectivity index (χ2v) is 4.58. The number of anilines is 1. The maximum absolute atomic E-state index is 13.3. The van der Waals surface area contributed by atoms with Crippen molar-refractivity contribution in [2.24, 2.45) is 5.92 Å². The molecule has 1 heterocycles. The average Bonchev–Trinajstić information content (AvgIpc) is 2.76. The van der Waals surface area contributed by atoms with Gasteiger partial charge in [0.15, 0.2) is 0 Å². The van der Waals surface area contributed by atoms with Gasteiger partial charge in [-0.3, -0.25) is 4.79 Å². The lowest BCUT2D eigenvalue weighted by Crippen LogP contribution is -2.18. The fourth-order valence-electron chi connectivity index (χ4n) is 2.03. The first kappa shape index (κ1) is 12.0. The molecule has 0 aliphatic carbocycles. The Bertz CT molecular complexity index is 414. The van der Waals surface area contributed by atoms with Crippen molar-refractivity contribution in [2.75, 3.05) is 18.4 Å². The van der Waals surface area contributed by atoms with Gasteiger partial charge in [0.2, 0.25) is 5.91 Å². The van der Waals surface area contributed by atoms with Gasteiger partial charge >= 0.3 is 0 Å². The van der Waals surface area contributed by atoms with Gasteiger partial charge in [0, 0.05) is 12.1 Å². The third kappa shape index (κ3) is 3.27. The Morgan fingerprint density at radius 2 is 2.41 bits per heavy atom. The van der Waals surface area contributed by atoms with E-state index >= 15 is 0 Å². The molecule has 2 N–H and O–H groups in total. The van der Waals surface area contributed by atoms with Crippen molar-refractivity contribution in [3.63, 3.8) is 0 Å². The van der Waals surface area contributed by atoms with E-state index in [0.717, 1.165) is 19.5 Å². The van der Waals surface area contributed by atoms with E-state index in [9.17, 15) is 9.18 Å². The minimum atomic E-state index is -0.287. The zero-order valence-corrected chi connectivity index (χ0v) is 9.92. The van der Waals surface area contributed by atoms with Crippen LogP contribution in [0.2, 0.25) is 0 Å². The van der Waals surface area contributed by atoms with Crippen LogP contribution in [0.4, 0.5) is 10.1 Å². The van der Waals surface area contributed by atoms with Crippen molar-refractivity contribution < 1.29 is 9.18 Å². The summed E-state index contributed by atoms with van der Waals surface area (Å²) in [6.07, 6.45) is 1.54. The van der Waals surface area contributed by atoms with Crippen LogP contribution in [-0.4, -0.2) is 19.0 Å². The fraction of sp³-hybridized carbons (Fsp3) is 0.462. The molecule has 0 radical (unpaired) electrons. The van der Waals surface area contributed by atoms with Crippen molar-refractivity contribution >= 4 is 11.6 Å². The van der Waals surface area contributed by atoms with E-state index in [2.05, 4.69) is 10.6 Å². The average molecular weight is 236 g/mol. The highest BCUT2D eigenvalue weighted by Crippen LogP contribution is 2.16. The normalized spacial score (nSPS) is 19.3. The molecular formula is C13H17FN2O. The number of hydrogen-bond acceptors (Lipinski definition) is 2. The summed E-state index contributed by atoms with van der Waals surface area (Å²) in [6.45, 7) is 3.58. The fourth-order valence-corrected chi connectivity index (χ4v) is 2.03. The molecule has 2 rings (SSSR count). The van der Waals surface area contributed by atoms with Crippen LogP contribution in [0, 0.1) is 18.7 Å². The van der Waals surface area contributed by atoms with Gasteiger partial charge in [-0.15, -0.1) is 0 Å². The van der Waals surface area contributed by atoms with E-state index in [1.54, 1.807) is 19.1 Å². The minimum absolute atomic E-state index is 0.0399. The molecule has 3 nitrogen and oxygen atoms in total. The van der Waals surface area contributed by atoms with Crippen LogP contribution >= 0.6 is 0 Å². The SMILES string of the molecule is Cc1ccc(NC(=O)CC2CCNC2)cc1F. The Morgan fingerprint density at radius 1 is 1.59 bits per heavy atom. The van der Waals surface area contributed by atoms with Crippen LogP contribution in [0.25, 0.3) is 0 Å². The first-order chi connectivity index (χ1) is 8.15. The minimum Gasteiger partial charge on any atom is -0.326 e. The molecule has 17 heavy (non-hydrogen) atoms. The molecule has 1 atom stereocenters. The van der Waals surface area contributed by atoms with E-state index in [1.807, 2.05) is 0 Å². The number of amides is 1. The van der Waals surface area contributed by atoms with Gasteiger partial charge in [0.25, 0.3) is 0 Å². The number of nitrogens with one attached hydrogen (secondary N) is 2. The predicted molar refractivity (Wildman–Crippen MR) is 65.4 cm³/mol. The van der Waals surface area contributed by atoms with Crippen molar-refractivity contribution in [1.82, 2.24) is 5.32 Å². The highest BCUT2D eigenvalue weighted by atomic mass is 19.1. The summed E-state index contributed by atoms with van der Waals surface area (Å²) < 4.78 is 13.3. The zero-order chi connectivity index (χ0) is 12.3. The van der Waals surface area contributed by atoms with Crippen LogP contribution < -0.4 is 10.6 Å². The second-order valence-electron chi connectivity index (χ2n) is 4.58. The van der Waals surface area contributed by atoms with Crippen LogP contribution in [0.3, 0.4) is 0 Å². The van der Waals surface area contributed by atoms with Gasteiger partial charge in [-0.1, -0.05) is 6.07 Å². The van der Waals surface area contributed by atoms with Gasteiger partial charge < -0.3 is 10.6 Å². The van der Waals surface area contributed by atoms with E-state index in [4.69, 9.17) is 0 Å². The summed E-state index contributed by atoms with van der Waals surface area (Å²) in [5.41, 5.74) is 1.12. The number of hydrogen-bond donors (Lipinski definition) is 2. The van der Waals surface area contributed by atoms with Gasteiger partial charge in [0.1, 0.15) is 5.82 Å². The quantitative estimate of drug-likeness (QED) is 0.843. The summed E-state index contributed by atoms with van der Waals surface area (Å²) in [4.78, 5) is 11.7. The topological polar surface area (TPSA) is 41.1 Å². The molecule has 1 saturated heterocycles. The highest BCUT2D eigenvalue weighted by molar-refractivity contribution is 5.90. The number of aryl methyl sites for hydroxylation is 1. The summed E-state index contributed by atoms with van der Waals surface area (Å²) >= 11 is 0. The predicted octanol–water partition coefficient (Wildman–Crippen LogP) is 2.07. The standard InChI is InChI=1S/C13H17FN2O/c1-9-2-3-11(7-12(9)14)16-13(17)6-10-4-5-15-8-10/h2-3,7,10,15H,4-6,8H2,1H3,(H,16,17). The lowest BCUT2D eigenvalue weighted by molar-refractivity contribution is -0.116. The Hall–Kier alpha value is -1.42. The third-order valence-corrected chi connectivity index (χ3v) is 3.09. The molecule has 1 amide bonds. The Kier molecular flexibility index (Phi) is 3.74. The highest BCUT2D eigenvalue weighted by Gasteiger charge is 2.18. The van der Waals surface area contributed by atoms with Crippen LogP contribution in [0.1, 0.15) is 18.4 Å². The summed E-state index contributed by atoms with van der Waals surface area (Å²) in [6, 6.07) is 4.76. The Morgan fingerprint density at radius 3 is 3.06 bits per heavy atom. The van der Waals surface area contributed by atoms with E-state index in [-0.39, 0.29) is 11.7 Å². The molecule has 1 fully saturated rings. The Balaban J connectivity index is 1.90. The van der Waals surface area contributed by atoms with E-state index in [0.29, 0.717) is 23.6 Å². The molecule has 92 valence electrons. The van der Waals surface area contributed by atoms with Crippen LogP contribution in [-0.2, 0) is 4.79 Å². The van der Waals surface area contributed by atoms with Gasteiger partial charge in [0.05, 0.1) is 0 Å². The largest absolute Gasteiger partial charge is 0.326 e. The Labute approximate surface area is 100 Å². The molecule has 1 aliphatic rings. The molecule has 0 spiro atoms. The second kappa shape index (κ2) is 5.27. The lowest BCUT2D eigenvalue weighted by Gasteiger charge is -2.09. The molecule has 0 aromatic heterocycles. The maximum atomic E-state index is 13.3. The molecule has 1 aromatic rings. The molecule has 1 unspecified atom stereocenters. The third-order valence-electron chi connectivity index (χ3n) is 3.09. The monoisotopic (exact) mass is 236 g/mol. The summed E-state index contributed by atoms with van der Waals surface area (Å²) in [5, 5.41) is 5.95. The first-order valence-electron chi connectivity index (χ1n) is 5.92. The van der Waals surface area contributed by atoms with Crippen molar-refractivity contribution in [3.8, 4) is 0 Å².